The fourth-order valence-electron chi connectivity index (χ4n) is 3.45. The van der Waals surface area contributed by atoms with Crippen molar-refractivity contribution in [3.8, 4) is 0 Å². The molecule has 2 saturated heterocycles. The molecule has 0 N–H and O–H groups in total. The maximum absolute atomic E-state index is 14.4. The molecule has 1 aliphatic carbocycles. The van der Waals surface area contributed by atoms with Crippen LogP contribution in [-0.2, 0) is 19.0 Å². The molecule has 4 rings (SSSR count). The van der Waals surface area contributed by atoms with Crippen molar-refractivity contribution < 1.29 is 23.4 Å². The molecule has 6 nitrogen and oxygen atoms in total. The van der Waals surface area contributed by atoms with Crippen LogP contribution in [0.5, 0.6) is 0 Å². The Morgan fingerprint density at radius 3 is 2.74 bits per heavy atom. The van der Waals surface area contributed by atoms with Crippen LogP contribution in [0.25, 0.3) is 0 Å². The van der Waals surface area contributed by atoms with Crippen molar-refractivity contribution in [3.05, 3.63) is 23.7 Å². The SMILES string of the molecule is O=C1N=C(CSC2CCOCC2)N=C2C=C(OCC3CCOC3)C=C(F)C12. The predicted molar refractivity (Wildman–Crippen MR) is 102 cm³/mol. The molecule has 2 atom stereocenters. The summed E-state index contributed by atoms with van der Waals surface area (Å²) < 4.78 is 30.9. The van der Waals surface area contributed by atoms with E-state index < -0.39 is 17.7 Å². The van der Waals surface area contributed by atoms with Crippen LogP contribution in [0.2, 0.25) is 0 Å². The lowest BCUT2D eigenvalue weighted by Gasteiger charge is -2.24. The maximum Gasteiger partial charge on any atom is 0.263 e. The number of thioether (sulfide) groups is 1. The van der Waals surface area contributed by atoms with E-state index in [4.69, 9.17) is 14.2 Å². The second-order valence-corrected chi connectivity index (χ2v) is 8.36. The van der Waals surface area contributed by atoms with Gasteiger partial charge in [0.2, 0.25) is 0 Å². The lowest BCUT2D eigenvalue weighted by molar-refractivity contribution is -0.119. The van der Waals surface area contributed by atoms with Gasteiger partial charge in [0.25, 0.3) is 5.91 Å². The smallest absolute Gasteiger partial charge is 0.263 e. The third-order valence-electron chi connectivity index (χ3n) is 5.01. The lowest BCUT2D eigenvalue weighted by Crippen LogP contribution is -2.31. The van der Waals surface area contributed by atoms with Crippen LogP contribution in [0.15, 0.2) is 33.7 Å². The van der Waals surface area contributed by atoms with E-state index in [0.717, 1.165) is 39.1 Å². The highest BCUT2D eigenvalue weighted by Gasteiger charge is 2.35. The Labute approximate surface area is 161 Å². The van der Waals surface area contributed by atoms with E-state index in [1.807, 2.05) is 0 Å². The Kier molecular flexibility index (Phi) is 6.04. The van der Waals surface area contributed by atoms with Crippen LogP contribution < -0.4 is 0 Å². The third kappa shape index (κ3) is 4.67. The summed E-state index contributed by atoms with van der Waals surface area (Å²) in [5.41, 5.74) is 0.384. The zero-order chi connectivity index (χ0) is 18.6. The number of hydrogen-bond donors (Lipinski definition) is 0. The lowest BCUT2D eigenvalue weighted by atomic mass is 9.94. The molecule has 0 aromatic rings. The van der Waals surface area contributed by atoms with Crippen LogP contribution in [-0.4, -0.2) is 61.5 Å². The van der Waals surface area contributed by atoms with Gasteiger partial charge in [-0.3, -0.25) is 4.79 Å². The van der Waals surface area contributed by atoms with Crippen molar-refractivity contribution in [2.24, 2.45) is 21.8 Å². The van der Waals surface area contributed by atoms with Gasteiger partial charge < -0.3 is 14.2 Å². The molecule has 0 saturated carbocycles. The first-order valence-corrected chi connectivity index (χ1v) is 10.4. The molecular weight excluding hydrogens is 371 g/mol. The zero-order valence-electron chi connectivity index (χ0n) is 15.1. The first-order chi connectivity index (χ1) is 13.2. The molecule has 146 valence electrons. The molecule has 2 fully saturated rings. The second kappa shape index (κ2) is 8.67. The number of ether oxygens (including phenoxy) is 3. The second-order valence-electron chi connectivity index (χ2n) is 7.08. The van der Waals surface area contributed by atoms with Gasteiger partial charge in [-0.15, -0.1) is 0 Å². The summed E-state index contributed by atoms with van der Waals surface area (Å²) in [6.07, 6.45) is 5.86. The third-order valence-corrected chi connectivity index (χ3v) is 6.38. The minimum Gasteiger partial charge on any atom is -0.493 e. The van der Waals surface area contributed by atoms with Crippen LogP contribution >= 0.6 is 11.8 Å². The summed E-state index contributed by atoms with van der Waals surface area (Å²) in [6.45, 7) is 3.42. The summed E-state index contributed by atoms with van der Waals surface area (Å²) in [5.74, 6) is -0.346. The number of nitrogens with zero attached hydrogens (tertiary/aromatic N) is 2. The Bertz CT molecular complexity index is 706. The molecule has 0 spiro atoms. The van der Waals surface area contributed by atoms with E-state index in [1.165, 1.54) is 6.08 Å². The average Bonchev–Trinajstić information content (AvgIpc) is 3.19. The number of amidine groups is 1. The number of carbonyl (C=O) groups is 1. The number of rotatable bonds is 6. The van der Waals surface area contributed by atoms with Crippen molar-refractivity contribution in [3.63, 3.8) is 0 Å². The monoisotopic (exact) mass is 394 g/mol. The molecule has 0 radical (unpaired) electrons. The fourth-order valence-corrected chi connectivity index (χ4v) is 4.49. The minimum absolute atomic E-state index is 0.322. The van der Waals surface area contributed by atoms with E-state index in [9.17, 15) is 9.18 Å². The Hall–Kier alpha value is -1.51. The van der Waals surface area contributed by atoms with Gasteiger partial charge in [0.15, 0.2) is 0 Å². The highest BCUT2D eigenvalue weighted by molar-refractivity contribution is 8.00. The van der Waals surface area contributed by atoms with Gasteiger partial charge in [-0.25, -0.2) is 9.38 Å². The first-order valence-electron chi connectivity index (χ1n) is 9.37. The molecule has 0 bridgehead atoms. The minimum atomic E-state index is -1.02. The fraction of sp³-hybridized carbons (Fsp3) is 0.632. The van der Waals surface area contributed by atoms with Crippen LogP contribution in [0.3, 0.4) is 0 Å². The molecule has 8 heteroatoms. The Morgan fingerprint density at radius 2 is 1.96 bits per heavy atom. The van der Waals surface area contributed by atoms with Crippen molar-refractivity contribution in [2.75, 3.05) is 38.8 Å². The highest BCUT2D eigenvalue weighted by Crippen LogP contribution is 2.29. The summed E-state index contributed by atoms with van der Waals surface area (Å²) in [6, 6.07) is 0. The molecule has 3 aliphatic heterocycles. The van der Waals surface area contributed by atoms with Gasteiger partial charge in [-0.05, 0) is 19.3 Å². The van der Waals surface area contributed by atoms with Crippen LogP contribution in [0.1, 0.15) is 19.3 Å². The molecule has 1 amide bonds. The van der Waals surface area contributed by atoms with Crippen LogP contribution in [0, 0.1) is 11.8 Å². The summed E-state index contributed by atoms with van der Waals surface area (Å²) in [5, 5.41) is 0.487. The quantitative estimate of drug-likeness (QED) is 0.693. The maximum atomic E-state index is 14.4. The first kappa shape index (κ1) is 18.8. The van der Waals surface area contributed by atoms with Gasteiger partial charge in [0, 0.05) is 43.1 Å². The number of hydrogen-bond acceptors (Lipinski definition) is 6. The van der Waals surface area contributed by atoms with Crippen molar-refractivity contribution in [2.45, 2.75) is 24.5 Å². The number of amides is 1. The largest absolute Gasteiger partial charge is 0.493 e. The van der Waals surface area contributed by atoms with Gasteiger partial charge in [0.1, 0.15) is 23.3 Å². The van der Waals surface area contributed by atoms with E-state index in [-0.39, 0.29) is 0 Å². The topological polar surface area (TPSA) is 69.5 Å². The average molecular weight is 394 g/mol. The Morgan fingerprint density at radius 1 is 1.15 bits per heavy atom. The molecule has 27 heavy (non-hydrogen) atoms. The summed E-state index contributed by atoms with van der Waals surface area (Å²) in [7, 11) is 0. The van der Waals surface area contributed by atoms with E-state index in [2.05, 4.69) is 9.98 Å². The Balaban J connectivity index is 1.41. The van der Waals surface area contributed by atoms with Gasteiger partial charge in [0.05, 0.1) is 24.7 Å². The van der Waals surface area contributed by atoms with Gasteiger partial charge >= 0.3 is 0 Å². The number of carbonyl (C=O) groups excluding carboxylic acids is 1. The molecule has 3 heterocycles. The molecule has 0 aromatic heterocycles. The van der Waals surface area contributed by atoms with Gasteiger partial charge in [-0.2, -0.15) is 16.8 Å². The van der Waals surface area contributed by atoms with Gasteiger partial charge in [-0.1, -0.05) is 0 Å². The molecular formula is C19H23FN2O4S. The van der Waals surface area contributed by atoms with E-state index >= 15 is 0 Å². The van der Waals surface area contributed by atoms with Crippen molar-refractivity contribution in [1.29, 1.82) is 0 Å². The van der Waals surface area contributed by atoms with Crippen LogP contribution in [0.4, 0.5) is 4.39 Å². The number of aliphatic imine (C=N–C) groups is 2. The number of allylic oxidation sites excluding steroid dienone is 2. The molecule has 4 aliphatic rings. The normalized spacial score (nSPS) is 28.9. The van der Waals surface area contributed by atoms with E-state index in [1.54, 1.807) is 17.8 Å². The summed E-state index contributed by atoms with van der Waals surface area (Å²) >= 11 is 1.73. The predicted octanol–water partition coefficient (Wildman–Crippen LogP) is 2.70. The van der Waals surface area contributed by atoms with Crippen molar-refractivity contribution >= 4 is 29.2 Å². The molecule has 2 unspecified atom stereocenters. The number of halogens is 1. The molecule has 0 aromatic carbocycles. The highest BCUT2D eigenvalue weighted by atomic mass is 32.2. The number of fused-ring (bicyclic) bond motifs is 1. The zero-order valence-corrected chi connectivity index (χ0v) is 15.9. The van der Waals surface area contributed by atoms with Crippen molar-refractivity contribution in [1.82, 2.24) is 0 Å². The summed E-state index contributed by atoms with van der Waals surface area (Å²) in [4.78, 5) is 20.8. The van der Waals surface area contributed by atoms with E-state index in [0.29, 0.717) is 47.4 Å². The standard InChI is InChI=1S/C19H23FN2O4S/c20-15-7-13(26-10-12-1-4-25-9-12)8-16-18(15)19(23)22-17(21-16)11-27-14-2-5-24-6-3-14/h7-8,12,14,18H,1-6,9-11H2.